The van der Waals surface area contributed by atoms with Crippen LogP contribution in [0.3, 0.4) is 0 Å². The fraction of sp³-hybridized carbons (Fsp3) is 0.348. The predicted octanol–water partition coefficient (Wildman–Crippen LogP) is 4.06. The minimum absolute atomic E-state index is 0.00942. The molecule has 7 heteroatoms. The number of hydrogen-bond acceptors (Lipinski definition) is 6. The number of nitrogens with one attached hydrogen (secondary N) is 1. The molecule has 0 spiro atoms. The molecule has 1 unspecified atom stereocenters. The van der Waals surface area contributed by atoms with Crippen LogP contribution in [0.15, 0.2) is 54.6 Å². The van der Waals surface area contributed by atoms with Gasteiger partial charge in [0.25, 0.3) is 0 Å². The molecule has 1 amide bonds. The zero-order chi connectivity index (χ0) is 21.3. The molecule has 0 aliphatic rings. The van der Waals surface area contributed by atoms with Crippen LogP contribution in [0.2, 0.25) is 0 Å². The Kier molecular flexibility index (Phi) is 7.79. The summed E-state index contributed by atoms with van der Waals surface area (Å²) >= 11 is 1.33. The molecule has 30 heavy (non-hydrogen) atoms. The summed E-state index contributed by atoms with van der Waals surface area (Å²) < 4.78 is 9.83. The fourth-order valence-corrected chi connectivity index (χ4v) is 3.68. The summed E-state index contributed by atoms with van der Waals surface area (Å²) in [7, 11) is 1.66. The van der Waals surface area contributed by atoms with Gasteiger partial charge in [-0.05, 0) is 36.6 Å². The number of rotatable bonds is 10. The van der Waals surface area contributed by atoms with Crippen LogP contribution in [-0.2, 0) is 17.8 Å². The molecule has 6 nitrogen and oxygen atoms in total. The highest BCUT2D eigenvalue weighted by Crippen LogP contribution is 2.22. The first-order valence-corrected chi connectivity index (χ1v) is 10.9. The van der Waals surface area contributed by atoms with E-state index >= 15 is 0 Å². The summed E-state index contributed by atoms with van der Waals surface area (Å²) in [6.07, 6.45) is 1.51. The first kappa shape index (κ1) is 21.8. The highest BCUT2D eigenvalue weighted by molar-refractivity contribution is 7.09. The number of anilines is 1. The van der Waals surface area contributed by atoms with E-state index in [0.717, 1.165) is 34.3 Å². The summed E-state index contributed by atoms with van der Waals surface area (Å²) in [5, 5.41) is 3.78. The van der Waals surface area contributed by atoms with Gasteiger partial charge in [-0.25, -0.2) is 4.98 Å². The molecule has 0 saturated heterocycles. The van der Waals surface area contributed by atoms with E-state index in [0.29, 0.717) is 13.0 Å². The van der Waals surface area contributed by atoms with Crippen LogP contribution in [0.5, 0.6) is 5.75 Å². The Morgan fingerprint density at radius 1 is 1.17 bits per heavy atom. The van der Waals surface area contributed by atoms with Gasteiger partial charge < -0.3 is 15.0 Å². The van der Waals surface area contributed by atoms with E-state index in [-0.39, 0.29) is 18.5 Å². The third-order valence-electron chi connectivity index (χ3n) is 4.79. The molecular formula is C23H28N4O2S. The van der Waals surface area contributed by atoms with Gasteiger partial charge in [-0.3, -0.25) is 4.79 Å². The zero-order valence-corrected chi connectivity index (χ0v) is 18.5. The van der Waals surface area contributed by atoms with Gasteiger partial charge in [0, 0.05) is 30.5 Å². The molecule has 1 N–H and O–H groups in total. The van der Waals surface area contributed by atoms with Crippen LogP contribution in [-0.4, -0.2) is 35.0 Å². The molecule has 1 atom stereocenters. The van der Waals surface area contributed by atoms with Crippen molar-refractivity contribution >= 4 is 22.6 Å². The van der Waals surface area contributed by atoms with E-state index in [4.69, 9.17) is 9.72 Å². The largest absolute Gasteiger partial charge is 0.497 e. The Morgan fingerprint density at radius 3 is 2.67 bits per heavy atom. The molecule has 2 aromatic carbocycles. The summed E-state index contributed by atoms with van der Waals surface area (Å²) in [4.78, 5) is 19.3. The molecule has 0 aliphatic heterocycles. The quantitative estimate of drug-likeness (QED) is 0.532. The van der Waals surface area contributed by atoms with Crippen molar-refractivity contribution in [2.45, 2.75) is 39.3 Å². The van der Waals surface area contributed by atoms with Crippen molar-refractivity contribution in [3.63, 3.8) is 0 Å². The SMILES string of the molecule is CCC(C)NC(=O)CN(Cc1ccccc1)c1nc(Cc2cccc(OC)c2)ns1. The Balaban J connectivity index is 1.76. The predicted molar refractivity (Wildman–Crippen MR) is 121 cm³/mol. The number of amides is 1. The lowest BCUT2D eigenvalue weighted by molar-refractivity contribution is -0.120. The lowest BCUT2D eigenvalue weighted by Gasteiger charge is -2.22. The van der Waals surface area contributed by atoms with Crippen LogP contribution in [0.25, 0.3) is 0 Å². The molecule has 0 aliphatic carbocycles. The Hall–Kier alpha value is -2.93. The number of hydrogen-bond donors (Lipinski definition) is 1. The van der Waals surface area contributed by atoms with Gasteiger partial charge in [0.2, 0.25) is 11.0 Å². The second-order valence-corrected chi connectivity index (χ2v) is 7.97. The van der Waals surface area contributed by atoms with Crippen LogP contribution < -0.4 is 15.0 Å². The smallest absolute Gasteiger partial charge is 0.239 e. The number of methoxy groups -OCH3 is 1. The van der Waals surface area contributed by atoms with E-state index in [1.165, 1.54) is 11.5 Å². The lowest BCUT2D eigenvalue weighted by Crippen LogP contribution is -2.40. The van der Waals surface area contributed by atoms with Crippen molar-refractivity contribution in [3.8, 4) is 5.75 Å². The lowest BCUT2D eigenvalue weighted by atomic mass is 10.1. The number of benzene rings is 2. The molecule has 0 saturated carbocycles. The average molecular weight is 425 g/mol. The first-order chi connectivity index (χ1) is 14.6. The van der Waals surface area contributed by atoms with Crippen molar-refractivity contribution in [3.05, 3.63) is 71.5 Å². The number of nitrogens with zero attached hydrogens (tertiary/aromatic N) is 3. The van der Waals surface area contributed by atoms with Gasteiger partial charge in [-0.15, -0.1) is 0 Å². The Bertz CT molecular complexity index is 945. The molecule has 158 valence electrons. The summed E-state index contributed by atoms with van der Waals surface area (Å²) in [6, 6.07) is 18.1. The van der Waals surface area contributed by atoms with Gasteiger partial charge in [-0.2, -0.15) is 4.37 Å². The molecule has 3 rings (SSSR count). The average Bonchev–Trinajstić information content (AvgIpc) is 3.22. The molecule has 0 bridgehead atoms. The van der Waals surface area contributed by atoms with Crippen molar-refractivity contribution in [2.75, 3.05) is 18.6 Å². The third-order valence-corrected chi connectivity index (χ3v) is 5.61. The van der Waals surface area contributed by atoms with E-state index in [1.54, 1.807) is 7.11 Å². The van der Waals surface area contributed by atoms with Gasteiger partial charge in [0.1, 0.15) is 11.6 Å². The van der Waals surface area contributed by atoms with Gasteiger partial charge in [-0.1, -0.05) is 49.4 Å². The molecule has 3 aromatic rings. The molecule has 1 heterocycles. The number of aromatic nitrogens is 2. The maximum atomic E-state index is 12.5. The van der Waals surface area contributed by atoms with Crippen molar-refractivity contribution in [1.29, 1.82) is 0 Å². The highest BCUT2D eigenvalue weighted by atomic mass is 32.1. The Morgan fingerprint density at radius 2 is 1.93 bits per heavy atom. The standard InChI is InChI=1S/C23H28N4O2S/c1-4-17(2)24-22(28)16-27(15-18-9-6-5-7-10-18)23-25-21(26-30-23)14-19-11-8-12-20(13-19)29-3/h5-13,17H,4,14-16H2,1-3H3,(H,24,28). The van der Waals surface area contributed by atoms with E-state index in [1.807, 2.05) is 54.3 Å². The first-order valence-electron chi connectivity index (χ1n) is 10.1. The molecular weight excluding hydrogens is 396 g/mol. The van der Waals surface area contributed by atoms with Gasteiger partial charge in [0.15, 0.2) is 0 Å². The van der Waals surface area contributed by atoms with Gasteiger partial charge in [0.05, 0.1) is 13.7 Å². The maximum absolute atomic E-state index is 12.5. The zero-order valence-electron chi connectivity index (χ0n) is 17.7. The molecule has 1 aromatic heterocycles. The highest BCUT2D eigenvalue weighted by Gasteiger charge is 2.18. The second kappa shape index (κ2) is 10.7. The van der Waals surface area contributed by atoms with Crippen molar-refractivity contribution in [1.82, 2.24) is 14.7 Å². The van der Waals surface area contributed by atoms with Gasteiger partial charge >= 0.3 is 0 Å². The monoisotopic (exact) mass is 424 g/mol. The normalized spacial score (nSPS) is 11.7. The number of carbonyl (C=O) groups excluding carboxylic acids is 1. The van der Waals surface area contributed by atoms with Crippen LogP contribution >= 0.6 is 11.5 Å². The minimum Gasteiger partial charge on any atom is -0.497 e. The summed E-state index contributed by atoms with van der Waals surface area (Å²) in [6.45, 7) is 4.91. The van der Waals surface area contributed by atoms with Crippen LogP contribution in [0.1, 0.15) is 37.2 Å². The van der Waals surface area contributed by atoms with Crippen molar-refractivity contribution in [2.24, 2.45) is 0 Å². The third kappa shape index (κ3) is 6.29. The van der Waals surface area contributed by atoms with E-state index < -0.39 is 0 Å². The van der Waals surface area contributed by atoms with Crippen LogP contribution in [0.4, 0.5) is 5.13 Å². The topological polar surface area (TPSA) is 67.4 Å². The van der Waals surface area contributed by atoms with Crippen LogP contribution in [0, 0.1) is 0 Å². The summed E-state index contributed by atoms with van der Waals surface area (Å²) in [5.41, 5.74) is 2.21. The molecule has 0 radical (unpaired) electrons. The minimum atomic E-state index is -0.00942. The summed E-state index contributed by atoms with van der Waals surface area (Å²) in [5.74, 6) is 1.55. The Labute approximate surface area is 182 Å². The number of carbonyl (C=O) groups is 1. The maximum Gasteiger partial charge on any atom is 0.239 e. The fourth-order valence-electron chi connectivity index (χ4n) is 3.00. The number of ether oxygens (including phenoxy) is 1. The van der Waals surface area contributed by atoms with E-state index in [9.17, 15) is 4.79 Å². The van der Waals surface area contributed by atoms with E-state index in [2.05, 4.69) is 28.7 Å². The second-order valence-electron chi connectivity index (χ2n) is 7.24. The molecule has 0 fully saturated rings. The van der Waals surface area contributed by atoms with Crippen molar-refractivity contribution < 1.29 is 9.53 Å².